The molecule has 1 aromatic carbocycles. The third-order valence-corrected chi connectivity index (χ3v) is 3.40. The molecule has 100 valence electrons. The molecule has 1 aliphatic rings. The lowest BCUT2D eigenvalue weighted by molar-refractivity contribution is 0.0171. The van der Waals surface area contributed by atoms with Crippen LogP contribution in [0.3, 0.4) is 0 Å². The summed E-state index contributed by atoms with van der Waals surface area (Å²) in [7, 11) is 1.70. The van der Waals surface area contributed by atoms with Crippen molar-refractivity contribution < 1.29 is 9.47 Å². The van der Waals surface area contributed by atoms with Crippen LogP contribution in [0.5, 0.6) is 5.75 Å². The summed E-state index contributed by atoms with van der Waals surface area (Å²) < 4.78 is 10.8. The molecular weight excluding hydrogens is 226 g/mol. The van der Waals surface area contributed by atoms with Crippen LogP contribution in [-0.4, -0.2) is 32.9 Å². The second kappa shape index (κ2) is 7.39. The first-order valence-electron chi connectivity index (χ1n) is 6.84. The lowest BCUT2D eigenvalue weighted by Gasteiger charge is -2.22. The fourth-order valence-corrected chi connectivity index (χ4v) is 2.26. The Bertz CT molecular complexity index is 331. The van der Waals surface area contributed by atoms with Crippen molar-refractivity contribution in [3.63, 3.8) is 0 Å². The van der Waals surface area contributed by atoms with Crippen LogP contribution in [0.15, 0.2) is 24.3 Å². The van der Waals surface area contributed by atoms with Gasteiger partial charge in [0, 0.05) is 13.2 Å². The molecule has 0 radical (unpaired) electrons. The van der Waals surface area contributed by atoms with Gasteiger partial charge < -0.3 is 14.8 Å². The molecule has 0 spiro atoms. The predicted octanol–water partition coefficient (Wildman–Crippen LogP) is 2.40. The van der Waals surface area contributed by atoms with Gasteiger partial charge in [0.2, 0.25) is 0 Å². The van der Waals surface area contributed by atoms with Crippen molar-refractivity contribution in [1.29, 1.82) is 0 Å². The van der Waals surface area contributed by atoms with Gasteiger partial charge in [0.25, 0.3) is 0 Å². The molecule has 1 unspecified atom stereocenters. The highest BCUT2D eigenvalue weighted by Crippen LogP contribution is 2.12. The minimum Gasteiger partial charge on any atom is -0.497 e. The first kappa shape index (κ1) is 13.4. The van der Waals surface area contributed by atoms with Crippen molar-refractivity contribution in [2.45, 2.75) is 31.8 Å². The standard InChI is InChI=1S/C15H23NO2/c1-17-14-7-5-13(6-8-14)9-10-16-12-15-4-2-3-11-18-15/h5-8,15-16H,2-4,9-12H2,1H3. The van der Waals surface area contributed by atoms with Gasteiger partial charge in [0.1, 0.15) is 5.75 Å². The van der Waals surface area contributed by atoms with Crippen molar-refractivity contribution >= 4 is 0 Å². The van der Waals surface area contributed by atoms with Crippen LogP contribution in [0.25, 0.3) is 0 Å². The van der Waals surface area contributed by atoms with Gasteiger partial charge in [-0.05, 0) is 49.9 Å². The zero-order valence-electron chi connectivity index (χ0n) is 11.2. The zero-order valence-corrected chi connectivity index (χ0v) is 11.2. The summed E-state index contributed by atoms with van der Waals surface area (Å²) in [5.74, 6) is 0.919. The van der Waals surface area contributed by atoms with E-state index in [2.05, 4.69) is 17.4 Å². The molecule has 0 aliphatic carbocycles. The molecule has 2 rings (SSSR count). The second-order valence-electron chi connectivity index (χ2n) is 4.79. The van der Waals surface area contributed by atoms with E-state index in [1.165, 1.54) is 24.8 Å². The molecule has 3 nitrogen and oxygen atoms in total. The second-order valence-corrected chi connectivity index (χ2v) is 4.79. The molecular formula is C15H23NO2. The molecule has 1 N–H and O–H groups in total. The Kier molecular flexibility index (Phi) is 5.49. The Morgan fingerprint density at radius 2 is 2.11 bits per heavy atom. The summed E-state index contributed by atoms with van der Waals surface area (Å²) >= 11 is 0. The predicted molar refractivity (Wildman–Crippen MR) is 73.2 cm³/mol. The SMILES string of the molecule is COc1ccc(CCNCC2CCCCO2)cc1. The molecule has 1 aliphatic heterocycles. The maximum absolute atomic E-state index is 5.68. The van der Waals surface area contributed by atoms with Gasteiger partial charge in [-0.25, -0.2) is 0 Å². The summed E-state index contributed by atoms with van der Waals surface area (Å²) in [6, 6.07) is 8.27. The summed E-state index contributed by atoms with van der Waals surface area (Å²) in [6.45, 7) is 2.92. The Balaban J connectivity index is 1.62. The highest BCUT2D eigenvalue weighted by molar-refractivity contribution is 5.27. The highest BCUT2D eigenvalue weighted by Gasteiger charge is 2.12. The largest absolute Gasteiger partial charge is 0.497 e. The lowest BCUT2D eigenvalue weighted by atomic mass is 10.1. The van der Waals surface area contributed by atoms with E-state index in [1.54, 1.807) is 7.11 Å². The molecule has 3 heteroatoms. The quantitative estimate of drug-likeness (QED) is 0.785. The molecule has 18 heavy (non-hydrogen) atoms. The van der Waals surface area contributed by atoms with Crippen LogP contribution >= 0.6 is 0 Å². The number of rotatable bonds is 6. The van der Waals surface area contributed by atoms with Crippen LogP contribution in [0.4, 0.5) is 0 Å². The fraction of sp³-hybridized carbons (Fsp3) is 0.600. The summed E-state index contributed by atoms with van der Waals surface area (Å²) in [5, 5.41) is 3.48. The van der Waals surface area contributed by atoms with Crippen molar-refractivity contribution in [3.05, 3.63) is 29.8 Å². The van der Waals surface area contributed by atoms with E-state index < -0.39 is 0 Å². The Labute approximate surface area is 109 Å². The van der Waals surface area contributed by atoms with E-state index in [9.17, 15) is 0 Å². The highest BCUT2D eigenvalue weighted by atomic mass is 16.5. The Hall–Kier alpha value is -1.06. The van der Waals surface area contributed by atoms with Gasteiger partial charge in [-0.3, -0.25) is 0 Å². The molecule has 0 bridgehead atoms. The Morgan fingerprint density at radius 1 is 1.28 bits per heavy atom. The summed E-state index contributed by atoms with van der Waals surface area (Å²) in [4.78, 5) is 0. The zero-order chi connectivity index (χ0) is 12.6. The van der Waals surface area contributed by atoms with Crippen molar-refractivity contribution in [1.82, 2.24) is 5.32 Å². The third-order valence-electron chi connectivity index (χ3n) is 3.40. The van der Waals surface area contributed by atoms with E-state index in [4.69, 9.17) is 9.47 Å². The molecule has 1 atom stereocenters. The monoisotopic (exact) mass is 249 g/mol. The number of benzene rings is 1. The van der Waals surface area contributed by atoms with Gasteiger partial charge in [0.15, 0.2) is 0 Å². The van der Waals surface area contributed by atoms with E-state index in [-0.39, 0.29) is 0 Å². The van der Waals surface area contributed by atoms with Crippen LogP contribution < -0.4 is 10.1 Å². The topological polar surface area (TPSA) is 30.5 Å². The van der Waals surface area contributed by atoms with Crippen molar-refractivity contribution in [2.24, 2.45) is 0 Å². The smallest absolute Gasteiger partial charge is 0.118 e. The number of ether oxygens (including phenoxy) is 2. The first-order chi connectivity index (χ1) is 8.88. The van der Waals surface area contributed by atoms with E-state index in [0.29, 0.717) is 6.10 Å². The number of hydrogen-bond acceptors (Lipinski definition) is 3. The minimum absolute atomic E-state index is 0.426. The molecule has 0 saturated carbocycles. The molecule has 1 heterocycles. The number of nitrogens with one attached hydrogen (secondary N) is 1. The average Bonchev–Trinajstić information content (AvgIpc) is 2.45. The minimum atomic E-state index is 0.426. The van der Waals surface area contributed by atoms with Crippen LogP contribution in [0, 0.1) is 0 Å². The summed E-state index contributed by atoms with van der Waals surface area (Å²) in [6.07, 6.45) is 5.22. The van der Waals surface area contributed by atoms with Gasteiger partial charge >= 0.3 is 0 Å². The molecule has 1 saturated heterocycles. The summed E-state index contributed by atoms with van der Waals surface area (Å²) in [5.41, 5.74) is 1.34. The van der Waals surface area contributed by atoms with Gasteiger partial charge in [-0.15, -0.1) is 0 Å². The third kappa shape index (κ3) is 4.31. The average molecular weight is 249 g/mol. The number of methoxy groups -OCH3 is 1. The normalized spacial score (nSPS) is 19.7. The fourth-order valence-electron chi connectivity index (χ4n) is 2.26. The van der Waals surface area contributed by atoms with Gasteiger partial charge in [-0.1, -0.05) is 12.1 Å². The van der Waals surface area contributed by atoms with Crippen LogP contribution in [-0.2, 0) is 11.2 Å². The lowest BCUT2D eigenvalue weighted by Crippen LogP contribution is -2.32. The van der Waals surface area contributed by atoms with Crippen LogP contribution in [0.1, 0.15) is 24.8 Å². The van der Waals surface area contributed by atoms with E-state index in [1.807, 2.05) is 12.1 Å². The Morgan fingerprint density at radius 3 is 2.78 bits per heavy atom. The molecule has 1 fully saturated rings. The van der Waals surface area contributed by atoms with E-state index >= 15 is 0 Å². The number of hydrogen-bond donors (Lipinski definition) is 1. The van der Waals surface area contributed by atoms with Crippen LogP contribution in [0.2, 0.25) is 0 Å². The molecule has 0 aromatic heterocycles. The maximum Gasteiger partial charge on any atom is 0.118 e. The van der Waals surface area contributed by atoms with Gasteiger partial charge in [0.05, 0.1) is 13.2 Å². The van der Waals surface area contributed by atoms with Crippen molar-refractivity contribution in [3.8, 4) is 5.75 Å². The first-order valence-corrected chi connectivity index (χ1v) is 6.84. The van der Waals surface area contributed by atoms with E-state index in [0.717, 1.165) is 31.9 Å². The molecule has 0 amide bonds. The maximum atomic E-state index is 5.68. The van der Waals surface area contributed by atoms with Crippen molar-refractivity contribution in [2.75, 3.05) is 26.8 Å². The molecule has 1 aromatic rings. The van der Waals surface area contributed by atoms with Gasteiger partial charge in [-0.2, -0.15) is 0 Å².